The second-order valence-electron chi connectivity index (χ2n) is 3.11. The van der Waals surface area contributed by atoms with Gasteiger partial charge in [0.2, 0.25) is 0 Å². The van der Waals surface area contributed by atoms with Gasteiger partial charge in [0, 0.05) is 6.04 Å². The Bertz CT molecular complexity index is 286. The molecule has 72 valence electrons. The fraction of sp³-hybridized carbons (Fsp3) is 0.400. The maximum Gasteiger partial charge on any atom is 0.162 e. The highest BCUT2D eigenvalue weighted by Gasteiger charge is 2.09. The molecule has 1 aromatic carbocycles. The summed E-state index contributed by atoms with van der Waals surface area (Å²) in [6.07, 6.45) is 0.500. The van der Waals surface area contributed by atoms with Crippen LogP contribution in [-0.2, 0) is 6.42 Å². The first-order valence-electron chi connectivity index (χ1n) is 4.25. The average Bonchev–Trinajstić information content (AvgIpc) is 2.13. The first-order valence-corrected chi connectivity index (χ1v) is 4.25. The molecule has 0 fully saturated rings. The molecule has 0 amide bonds. The third kappa shape index (κ3) is 2.49. The van der Waals surface area contributed by atoms with Crippen LogP contribution in [0, 0.1) is 11.6 Å². The monoisotopic (exact) mass is 185 g/mol. The van der Waals surface area contributed by atoms with Crippen LogP contribution in [0.4, 0.5) is 8.78 Å². The van der Waals surface area contributed by atoms with Gasteiger partial charge in [-0.3, -0.25) is 0 Å². The van der Waals surface area contributed by atoms with E-state index in [1.165, 1.54) is 6.07 Å². The number of nitrogens with one attached hydrogen (secondary N) is 1. The lowest BCUT2D eigenvalue weighted by Crippen LogP contribution is -2.24. The van der Waals surface area contributed by atoms with Gasteiger partial charge < -0.3 is 5.32 Å². The Labute approximate surface area is 76.8 Å². The summed E-state index contributed by atoms with van der Waals surface area (Å²) in [6, 6.07) is 4.40. The van der Waals surface area contributed by atoms with E-state index < -0.39 is 11.6 Å². The van der Waals surface area contributed by atoms with Crippen molar-refractivity contribution in [1.29, 1.82) is 0 Å². The van der Waals surface area contributed by atoms with E-state index in [0.29, 0.717) is 12.0 Å². The fourth-order valence-corrected chi connectivity index (χ4v) is 1.14. The SMILES string of the molecule is CNC(C)Cc1cccc(F)c1F. The first kappa shape index (κ1) is 10.1. The Morgan fingerprint density at radius 2 is 2.08 bits per heavy atom. The van der Waals surface area contributed by atoms with Crippen LogP contribution in [0.2, 0.25) is 0 Å². The van der Waals surface area contributed by atoms with Crippen LogP contribution in [0.1, 0.15) is 12.5 Å². The first-order chi connectivity index (χ1) is 6.15. The molecule has 0 bridgehead atoms. The highest BCUT2D eigenvalue weighted by atomic mass is 19.2. The Morgan fingerprint density at radius 3 is 2.69 bits per heavy atom. The van der Waals surface area contributed by atoms with Gasteiger partial charge in [-0.25, -0.2) is 8.78 Å². The van der Waals surface area contributed by atoms with E-state index in [-0.39, 0.29) is 6.04 Å². The van der Waals surface area contributed by atoms with Crippen LogP contribution >= 0.6 is 0 Å². The van der Waals surface area contributed by atoms with Gasteiger partial charge in [-0.15, -0.1) is 0 Å². The second-order valence-corrected chi connectivity index (χ2v) is 3.11. The third-order valence-electron chi connectivity index (χ3n) is 2.05. The molecule has 0 saturated carbocycles. The van der Waals surface area contributed by atoms with Crippen LogP contribution in [0.25, 0.3) is 0 Å². The summed E-state index contributed by atoms with van der Waals surface area (Å²) in [7, 11) is 1.79. The zero-order valence-corrected chi connectivity index (χ0v) is 7.77. The zero-order valence-electron chi connectivity index (χ0n) is 7.77. The van der Waals surface area contributed by atoms with Crippen molar-refractivity contribution in [3.05, 3.63) is 35.4 Å². The molecule has 0 aromatic heterocycles. The predicted octanol–water partition coefficient (Wildman–Crippen LogP) is 2.12. The molecule has 0 spiro atoms. The number of rotatable bonds is 3. The smallest absolute Gasteiger partial charge is 0.162 e. The van der Waals surface area contributed by atoms with Crippen molar-refractivity contribution in [3.8, 4) is 0 Å². The van der Waals surface area contributed by atoms with E-state index in [4.69, 9.17) is 0 Å². The summed E-state index contributed by atoms with van der Waals surface area (Å²) in [6.45, 7) is 1.92. The third-order valence-corrected chi connectivity index (χ3v) is 2.05. The molecule has 1 N–H and O–H groups in total. The number of hydrogen-bond acceptors (Lipinski definition) is 1. The molecule has 13 heavy (non-hydrogen) atoms. The zero-order chi connectivity index (χ0) is 9.84. The van der Waals surface area contributed by atoms with Crippen molar-refractivity contribution in [2.45, 2.75) is 19.4 Å². The molecule has 0 aliphatic carbocycles. The molecular formula is C10H13F2N. The molecule has 0 aliphatic rings. The molecule has 0 saturated heterocycles. The number of benzene rings is 1. The van der Waals surface area contributed by atoms with Crippen LogP contribution in [0.15, 0.2) is 18.2 Å². The average molecular weight is 185 g/mol. The normalized spacial score (nSPS) is 12.9. The molecular weight excluding hydrogens is 172 g/mol. The Kier molecular flexibility index (Phi) is 3.37. The minimum atomic E-state index is -0.777. The number of likely N-dealkylation sites (N-methyl/N-ethyl adjacent to an activating group) is 1. The second kappa shape index (κ2) is 4.33. The van der Waals surface area contributed by atoms with E-state index >= 15 is 0 Å². The number of halogens is 2. The molecule has 1 atom stereocenters. The Balaban J connectivity index is 2.83. The van der Waals surface area contributed by atoms with E-state index in [1.807, 2.05) is 6.92 Å². The van der Waals surface area contributed by atoms with E-state index in [2.05, 4.69) is 5.32 Å². The molecule has 0 radical (unpaired) electrons. The molecule has 1 unspecified atom stereocenters. The molecule has 3 heteroatoms. The standard InChI is InChI=1S/C10H13F2N/c1-7(13-2)6-8-4-3-5-9(11)10(8)12/h3-5,7,13H,6H2,1-2H3. The largest absolute Gasteiger partial charge is 0.317 e. The molecule has 0 heterocycles. The van der Waals surface area contributed by atoms with Gasteiger partial charge in [0.05, 0.1) is 0 Å². The van der Waals surface area contributed by atoms with Gasteiger partial charge >= 0.3 is 0 Å². The topological polar surface area (TPSA) is 12.0 Å². The molecule has 1 nitrogen and oxygen atoms in total. The summed E-state index contributed by atoms with van der Waals surface area (Å²) in [5, 5.41) is 2.97. The van der Waals surface area contributed by atoms with E-state index in [0.717, 1.165) is 6.07 Å². The van der Waals surface area contributed by atoms with Crippen molar-refractivity contribution in [3.63, 3.8) is 0 Å². The van der Waals surface area contributed by atoms with E-state index in [9.17, 15) is 8.78 Å². The lowest BCUT2D eigenvalue weighted by molar-refractivity contribution is 0.489. The van der Waals surface area contributed by atoms with Crippen molar-refractivity contribution in [2.75, 3.05) is 7.05 Å². The maximum atomic E-state index is 13.1. The Morgan fingerprint density at radius 1 is 1.38 bits per heavy atom. The quantitative estimate of drug-likeness (QED) is 0.760. The van der Waals surface area contributed by atoms with Gasteiger partial charge in [0.1, 0.15) is 0 Å². The van der Waals surface area contributed by atoms with Crippen molar-refractivity contribution >= 4 is 0 Å². The van der Waals surface area contributed by atoms with Gasteiger partial charge in [-0.1, -0.05) is 12.1 Å². The van der Waals surface area contributed by atoms with E-state index in [1.54, 1.807) is 13.1 Å². The summed E-state index contributed by atoms with van der Waals surface area (Å²) in [4.78, 5) is 0. The van der Waals surface area contributed by atoms with Crippen molar-refractivity contribution in [2.24, 2.45) is 0 Å². The lowest BCUT2D eigenvalue weighted by atomic mass is 10.1. The van der Waals surface area contributed by atoms with Gasteiger partial charge in [-0.2, -0.15) is 0 Å². The minimum absolute atomic E-state index is 0.149. The summed E-state index contributed by atoms with van der Waals surface area (Å²) in [5.74, 6) is -1.51. The maximum absolute atomic E-state index is 13.1. The molecule has 1 rings (SSSR count). The summed E-state index contributed by atoms with van der Waals surface area (Å²) >= 11 is 0. The van der Waals surface area contributed by atoms with Gasteiger partial charge in [0.25, 0.3) is 0 Å². The van der Waals surface area contributed by atoms with Gasteiger partial charge in [-0.05, 0) is 32.0 Å². The summed E-state index contributed by atoms with van der Waals surface area (Å²) in [5.41, 5.74) is 0.418. The highest BCUT2D eigenvalue weighted by molar-refractivity contribution is 5.19. The summed E-state index contributed by atoms with van der Waals surface area (Å²) < 4.78 is 25.8. The van der Waals surface area contributed by atoms with Crippen molar-refractivity contribution in [1.82, 2.24) is 5.32 Å². The highest BCUT2D eigenvalue weighted by Crippen LogP contribution is 2.12. The predicted molar refractivity (Wildman–Crippen MR) is 48.6 cm³/mol. The fourth-order valence-electron chi connectivity index (χ4n) is 1.14. The van der Waals surface area contributed by atoms with Crippen LogP contribution in [0.5, 0.6) is 0 Å². The molecule has 1 aromatic rings. The minimum Gasteiger partial charge on any atom is -0.317 e. The van der Waals surface area contributed by atoms with Crippen LogP contribution in [-0.4, -0.2) is 13.1 Å². The number of hydrogen-bond donors (Lipinski definition) is 1. The van der Waals surface area contributed by atoms with Gasteiger partial charge in [0.15, 0.2) is 11.6 Å². The lowest BCUT2D eigenvalue weighted by Gasteiger charge is -2.10. The van der Waals surface area contributed by atoms with Crippen LogP contribution < -0.4 is 5.32 Å². The van der Waals surface area contributed by atoms with Crippen LogP contribution in [0.3, 0.4) is 0 Å². The van der Waals surface area contributed by atoms with Crippen molar-refractivity contribution < 1.29 is 8.78 Å². The molecule has 0 aliphatic heterocycles. The Hall–Kier alpha value is -0.960.